The first-order valence-corrected chi connectivity index (χ1v) is 4.10. The number of hydrogen-bond donors (Lipinski definition) is 2. The van der Waals surface area contributed by atoms with E-state index in [-0.39, 0.29) is 18.4 Å². The third-order valence-electron chi connectivity index (χ3n) is 2.31. The van der Waals surface area contributed by atoms with Crippen LogP contribution in [0.15, 0.2) is 0 Å². The van der Waals surface area contributed by atoms with Gasteiger partial charge in [-0.15, -0.1) is 0 Å². The lowest BCUT2D eigenvalue weighted by Gasteiger charge is -2.25. The van der Waals surface area contributed by atoms with Crippen LogP contribution in [0.3, 0.4) is 0 Å². The van der Waals surface area contributed by atoms with Gasteiger partial charge < -0.3 is 10.2 Å². The molecule has 0 aromatic rings. The third-order valence-corrected chi connectivity index (χ3v) is 2.31. The second-order valence-electron chi connectivity index (χ2n) is 3.21. The third kappa shape index (κ3) is 2.50. The number of hydrogen-bond acceptors (Lipinski definition) is 2. The van der Waals surface area contributed by atoms with Crippen molar-refractivity contribution in [2.45, 2.75) is 38.2 Å². The van der Waals surface area contributed by atoms with Crippen LogP contribution in [-0.4, -0.2) is 22.3 Å². The molecule has 64 valence electrons. The maximum Gasteiger partial charge on any atom is 0.303 e. The minimum Gasteiger partial charge on any atom is -0.481 e. The second-order valence-corrected chi connectivity index (χ2v) is 3.21. The lowest BCUT2D eigenvalue weighted by atomic mass is 9.84. The summed E-state index contributed by atoms with van der Waals surface area (Å²) in [6.07, 6.45) is 3.50. The van der Waals surface area contributed by atoms with Gasteiger partial charge in [0.2, 0.25) is 0 Å². The zero-order valence-electron chi connectivity index (χ0n) is 6.49. The van der Waals surface area contributed by atoms with Crippen LogP contribution < -0.4 is 0 Å². The van der Waals surface area contributed by atoms with E-state index in [0.29, 0.717) is 0 Å². The SMILES string of the molecule is O=C(O)C[C@H]1CCCCC1O. The molecule has 0 saturated heterocycles. The molecule has 1 fully saturated rings. The summed E-state index contributed by atoms with van der Waals surface area (Å²) in [6, 6.07) is 0. The molecule has 1 aliphatic carbocycles. The number of aliphatic carboxylic acids is 1. The van der Waals surface area contributed by atoms with E-state index < -0.39 is 5.97 Å². The van der Waals surface area contributed by atoms with E-state index in [1.165, 1.54) is 0 Å². The maximum absolute atomic E-state index is 10.3. The highest BCUT2D eigenvalue weighted by molar-refractivity contribution is 5.67. The normalized spacial score (nSPS) is 31.7. The van der Waals surface area contributed by atoms with Crippen molar-refractivity contribution in [3.8, 4) is 0 Å². The first-order valence-electron chi connectivity index (χ1n) is 4.10. The Morgan fingerprint density at radius 1 is 1.36 bits per heavy atom. The second kappa shape index (κ2) is 3.72. The fourth-order valence-electron chi connectivity index (χ4n) is 1.65. The van der Waals surface area contributed by atoms with Crippen LogP contribution >= 0.6 is 0 Å². The molecular formula is C8H14O3. The van der Waals surface area contributed by atoms with Crippen molar-refractivity contribution in [2.75, 3.05) is 0 Å². The topological polar surface area (TPSA) is 57.5 Å². The van der Waals surface area contributed by atoms with Crippen molar-refractivity contribution >= 4 is 5.97 Å². The summed E-state index contributed by atoms with van der Waals surface area (Å²) in [6.45, 7) is 0. The van der Waals surface area contributed by atoms with Crippen LogP contribution in [-0.2, 0) is 4.79 Å². The minimum atomic E-state index is -0.795. The van der Waals surface area contributed by atoms with E-state index in [4.69, 9.17) is 5.11 Å². The van der Waals surface area contributed by atoms with Crippen molar-refractivity contribution < 1.29 is 15.0 Å². The molecule has 2 atom stereocenters. The van der Waals surface area contributed by atoms with E-state index >= 15 is 0 Å². The number of rotatable bonds is 2. The zero-order chi connectivity index (χ0) is 8.27. The molecule has 0 spiro atoms. The van der Waals surface area contributed by atoms with Gasteiger partial charge in [-0.05, 0) is 18.8 Å². The number of aliphatic hydroxyl groups excluding tert-OH is 1. The standard InChI is InChI=1S/C8H14O3/c9-7-4-2-1-3-6(7)5-8(10)11/h6-7,9H,1-5H2,(H,10,11)/t6-,7?/m1/s1. The molecule has 1 aliphatic rings. The molecule has 3 heteroatoms. The van der Waals surface area contributed by atoms with Gasteiger partial charge in [0, 0.05) is 0 Å². The quantitative estimate of drug-likeness (QED) is 0.630. The fourth-order valence-corrected chi connectivity index (χ4v) is 1.65. The van der Waals surface area contributed by atoms with Crippen LogP contribution in [0.5, 0.6) is 0 Å². The highest BCUT2D eigenvalue weighted by Crippen LogP contribution is 2.26. The summed E-state index contributed by atoms with van der Waals surface area (Å²) in [5, 5.41) is 17.8. The van der Waals surface area contributed by atoms with Crippen LogP contribution in [0.4, 0.5) is 0 Å². The lowest BCUT2D eigenvalue weighted by molar-refractivity contribution is -0.139. The summed E-state index contributed by atoms with van der Waals surface area (Å²) in [5.74, 6) is -0.794. The van der Waals surface area contributed by atoms with Gasteiger partial charge in [0.1, 0.15) is 0 Å². The van der Waals surface area contributed by atoms with Crippen molar-refractivity contribution in [3.05, 3.63) is 0 Å². The monoisotopic (exact) mass is 158 g/mol. The molecule has 0 amide bonds. The Labute approximate surface area is 66.0 Å². The number of carboxylic acid groups (broad SMARTS) is 1. The average molecular weight is 158 g/mol. The van der Waals surface area contributed by atoms with Gasteiger partial charge in [-0.3, -0.25) is 4.79 Å². The molecule has 2 N–H and O–H groups in total. The van der Waals surface area contributed by atoms with E-state index in [9.17, 15) is 9.90 Å². The smallest absolute Gasteiger partial charge is 0.303 e. The molecule has 0 bridgehead atoms. The van der Waals surface area contributed by atoms with Gasteiger partial charge in [-0.1, -0.05) is 12.8 Å². The number of carboxylic acids is 1. The molecule has 0 heterocycles. The molecule has 3 nitrogen and oxygen atoms in total. The lowest BCUT2D eigenvalue weighted by Crippen LogP contribution is -2.26. The van der Waals surface area contributed by atoms with Gasteiger partial charge in [0.25, 0.3) is 0 Å². The molecule has 0 aliphatic heterocycles. The first-order chi connectivity index (χ1) is 5.20. The van der Waals surface area contributed by atoms with Crippen LogP contribution in [0.25, 0.3) is 0 Å². The zero-order valence-corrected chi connectivity index (χ0v) is 6.49. The number of carbonyl (C=O) groups is 1. The van der Waals surface area contributed by atoms with E-state index in [1.54, 1.807) is 0 Å². The predicted molar refractivity (Wildman–Crippen MR) is 40.2 cm³/mol. The van der Waals surface area contributed by atoms with E-state index in [2.05, 4.69) is 0 Å². The molecule has 1 rings (SSSR count). The molecule has 0 radical (unpaired) electrons. The Balaban J connectivity index is 2.35. The Kier molecular flexibility index (Phi) is 2.88. The highest BCUT2D eigenvalue weighted by atomic mass is 16.4. The Morgan fingerprint density at radius 3 is 2.55 bits per heavy atom. The van der Waals surface area contributed by atoms with Crippen molar-refractivity contribution in [1.29, 1.82) is 0 Å². The first kappa shape index (κ1) is 8.53. The molecule has 1 unspecified atom stereocenters. The van der Waals surface area contributed by atoms with Crippen LogP contribution in [0.1, 0.15) is 32.1 Å². The maximum atomic E-state index is 10.3. The summed E-state index contributed by atoms with van der Waals surface area (Å²) in [7, 11) is 0. The van der Waals surface area contributed by atoms with Gasteiger partial charge in [-0.25, -0.2) is 0 Å². The molecule has 11 heavy (non-hydrogen) atoms. The van der Waals surface area contributed by atoms with Gasteiger partial charge in [0.05, 0.1) is 12.5 Å². The summed E-state index contributed by atoms with van der Waals surface area (Å²) in [4.78, 5) is 10.3. The van der Waals surface area contributed by atoms with E-state index in [1.807, 2.05) is 0 Å². The van der Waals surface area contributed by atoms with Crippen molar-refractivity contribution in [1.82, 2.24) is 0 Å². The summed E-state index contributed by atoms with van der Waals surface area (Å²) >= 11 is 0. The van der Waals surface area contributed by atoms with Crippen LogP contribution in [0.2, 0.25) is 0 Å². The fraction of sp³-hybridized carbons (Fsp3) is 0.875. The molecule has 0 aromatic carbocycles. The van der Waals surface area contributed by atoms with Crippen molar-refractivity contribution in [3.63, 3.8) is 0 Å². The van der Waals surface area contributed by atoms with Crippen LogP contribution in [0, 0.1) is 5.92 Å². The predicted octanol–water partition coefficient (Wildman–Crippen LogP) is 1.01. The van der Waals surface area contributed by atoms with Gasteiger partial charge >= 0.3 is 5.97 Å². The number of aliphatic hydroxyl groups is 1. The molecule has 0 aromatic heterocycles. The highest BCUT2D eigenvalue weighted by Gasteiger charge is 2.24. The van der Waals surface area contributed by atoms with Gasteiger partial charge in [0.15, 0.2) is 0 Å². The summed E-state index contributed by atoms with van der Waals surface area (Å²) < 4.78 is 0. The minimum absolute atomic E-state index is 0.00116. The largest absolute Gasteiger partial charge is 0.481 e. The van der Waals surface area contributed by atoms with E-state index in [0.717, 1.165) is 25.7 Å². The Hall–Kier alpha value is -0.570. The molecular weight excluding hydrogens is 144 g/mol. The Morgan fingerprint density at radius 2 is 2.00 bits per heavy atom. The Bertz CT molecular complexity index is 144. The van der Waals surface area contributed by atoms with Gasteiger partial charge in [-0.2, -0.15) is 0 Å². The summed E-state index contributed by atoms with van der Waals surface area (Å²) in [5.41, 5.74) is 0. The average Bonchev–Trinajstić information content (AvgIpc) is 1.93. The van der Waals surface area contributed by atoms with Crippen molar-refractivity contribution in [2.24, 2.45) is 5.92 Å². The molecule has 1 saturated carbocycles.